The van der Waals surface area contributed by atoms with Crippen LogP contribution in [0, 0.1) is 5.41 Å². The second-order valence-electron chi connectivity index (χ2n) is 7.16. The number of urea groups is 1. The Morgan fingerprint density at radius 1 is 1.32 bits per heavy atom. The van der Waals surface area contributed by atoms with E-state index in [-0.39, 0.29) is 30.7 Å². The first-order valence-electron chi connectivity index (χ1n) is 8.32. The first-order valence-corrected chi connectivity index (χ1v) is 8.32. The zero-order valence-electron chi connectivity index (χ0n) is 14.5. The minimum atomic E-state index is -0.572. The second kappa shape index (κ2) is 6.89. The van der Waals surface area contributed by atoms with Crippen LogP contribution in [0.3, 0.4) is 0 Å². The lowest BCUT2D eigenvalue weighted by Crippen LogP contribution is -2.54. The van der Waals surface area contributed by atoms with Crippen molar-refractivity contribution in [1.82, 2.24) is 10.2 Å². The summed E-state index contributed by atoms with van der Waals surface area (Å²) in [6.07, 6.45) is 0.837. The van der Waals surface area contributed by atoms with E-state index in [1.165, 1.54) is 0 Å². The molecule has 4 N–H and O–H groups in total. The van der Waals surface area contributed by atoms with Crippen molar-refractivity contribution in [3.63, 3.8) is 0 Å². The van der Waals surface area contributed by atoms with Crippen LogP contribution in [0.1, 0.15) is 20.3 Å². The topological polar surface area (TPSA) is 106 Å². The number of hydrogen-bond donors (Lipinski definition) is 3. The third kappa shape index (κ3) is 4.21. The van der Waals surface area contributed by atoms with Gasteiger partial charge in [0.1, 0.15) is 0 Å². The first kappa shape index (κ1) is 17.5. The SMILES string of the molecule is CC1(C)CN(CC(=O)NC(=O)Nc2ccc3c(c2)OCO3)CCC1N. The number of nitrogens with one attached hydrogen (secondary N) is 2. The molecule has 1 saturated heterocycles. The van der Waals surface area contributed by atoms with Gasteiger partial charge in [-0.15, -0.1) is 0 Å². The molecule has 136 valence electrons. The predicted octanol–water partition coefficient (Wildman–Crippen LogP) is 1.12. The van der Waals surface area contributed by atoms with Crippen molar-refractivity contribution in [2.45, 2.75) is 26.3 Å². The number of imide groups is 1. The molecule has 0 saturated carbocycles. The van der Waals surface area contributed by atoms with E-state index < -0.39 is 6.03 Å². The Morgan fingerprint density at radius 3 is 2.84 bits per heavy atom. The van der Waals surface area contributed by atoms with E-state index in [9.17, 15) is 9.59 Å². The Balaban J connectivity index is 1.49. The molecule has 8 heteroatoms. The minimum absolute atomic E-state index is 0.0483. The van der Waals surface area contributed by atoms with E-state index in [2.05, 4.69) is 24.5 Å². The molecule has 2 heterocycles. The highest BCUT2D eigenvalue weighted by molar-refractivity contribution is 6.01. The van der Waals surface area contributed by atoms with Crippen molar-refractivity contribution in [3.05, 3.63) is 18.2 Å². The van der Waals surface area contributed by atoms with Gasteiger partial charge in [0.15, 0.2) is 11.5 Å². The van der Waals surface area contributed by atoms with Crippen LogP contribution in [-0.4, -0.2) is 49.3 Å². The fraction of sp³-hybridized carbons (Fsp3) is 0.529. The monoisotopic (exact) mass is 348 g/mol. The average Bonchev–Trinajstić information content (AvgIpc) is 2.98. The number of nitrogens with zero attached hydrogens (tertiary/aromatic N) is 1. The Morgan fingerprint density at radius 2 is 2.08 bits per heavy atom. The molecule has 0 bridgehead atoms. The van der Waals surface area contributed by atoms with Crippen molar-refractivity contribution < 1.29 is 19.1 Å². The molecule has 3 amide bonds. The van der Waals surface area contributed by atoms with Gasteiger partial charge in [-0.05, 0) is 24.0 Å². The molecule has 8 nitrogen and oxygen atoms in total. The van der Waals surface area contributed by atoms with Gasteiger partial charge in [-0.2, -0.15) is 0 Å². The number of anilines is 1. The molecule has 3 rings (SSSR count). The first-order chi connectivity index (χ1) is 11.8. The highest BCUT2D eigenvalue weighted by Crippen LogP contribution is 2.34. The Bertz CT molecular complexity index is 677. The van der Waals surface area contributed by atoms with Gasteiger partial charge < -0.3 is 20.5 Å². The molecule has 0 aromatic heterocycles. The van der Waals surface area contributed by atoms with Crippen LogP contribution in [0.25, 0.3) is 0 Å². The number of hydrogen-bond acceptors (Lipinski definition) is 6. The molecule has 1 fully saturated rings. The molecule has 1 aromatic rings. The average molecular weight is 348 g/mol. The van der Waals surface area contributed by atoms with Crippen LogP contribution < -0.4 is 25.8 Å². The summed E-state index contributed by atoms with van der Waals surface area (Å²) in [5, 5.41) is 4.97. The molecule has 0 spiro atoms. The summed E-state index contributed by atoms with van der Waals surface area (Å²) in [7, 11) is 0. The van der Waals surface area contributed by atoms with Crippen LogP contribution in [0.15, 0.2) is 18.2 Å². The highest BCUT2D eigenvalue weighted by atomic mass is 16.7. The van der Waals surface area contributed by atoms with Crippen LogP contribution in [0.5, 0.6) is 11.5 Å². The summed E-state index contributed by atoms with van der Waals surface area (Å²) < 4.78 is 10.5. The molecule has 1 atom stereocenters. The molecule has 25 heavy (non-hydrogen) atoms. The molecule has 1 unspecified atom stereocenters. The maximum atomic E-state index is 12.1. The summed E-state index contributed by atoms with van der Waals surface area (Å²) in [4.78, 5) is 26.1. The van der Waals surface area contributed by atoms with Crippen molar-refractivity contribution in [2.75, 3.05) is 31.7 Å². The normalized spacial score (nSPS) is 21.6. The maximum absolute atomic E-state index is 12.1. The van der Waals surface area contributed by atoms with E-state index in [0.29, 0.717) is 17.2 Å². The lowest BCUT2D eigenvalue weighted by molar-refractivity contribution is -0.121. The fourth-order valence-corrected chi connectivity index (χ4v) is 3.13. The number of ether oxygens (including phenoxy) is 2. The largest absolute Gasteiger partial charge is 0.454 e. The molecule has 2 aliphatic heterocycles. The van der Waals surface area contributed by atoms with Crippen LogP contribution >= 0.6 is 0 Å². The summed E-state index contributed by atoms with van der Waals surface area (Å²) in [6, 6.07) is 4.60. The van der Waals surface area contributed by atoms with Gasteiger partial charge in [-0.3, -0.25) is 15.0 Å². The minimum Gasteiger partial charge on any atom is -0.454 e. The molecule has 0 aliphatic carbocycles. The van der Waals surface area contributed by atoms with Gasteiger partial charge in [-0.1, -0.05) is 13.8 Å². The van der Waals surface area contributed by atoms with Gasteiger partial charge >= 0.3 is 6.03 Å². The number of amides is 3. The van der Waals surface area contributed by atoms with Gasteiger partial charge in [0.2, 0.25) is 12.7 Å². The standard InChI is InChI=1S/C17H24N4O4/c1-17(2)9-21(6-5-14(17)18)8-15(22)20-16(23)19-11-3-4-12-13(7-11)25-10-24-12/h3-4,7,14H,5-6,8-10,18H2,1-2H3,(H2,19,20,22,23). The fourth-order valence-electron chi connectivity index (χ4n) is 3.13. The van der Waals surface area contributed by atoms with Crippen molar-refractivity contribution in [2.24, 2.45) is 11.1 Å². The van der Waals surface area contributed by atoms with E-state index >= 15 is 0 Å². The molecular weight excluding hydrogens is 324 g/mol. The van der Waals surface area contributed by atoms with Gasteiger partial charge in [0.05, 0.1) is 6.54 Å². The van der Waals surface area contributed by atoms with E-state index in [0.717, 1.165) is 19.5 Å². The smallest absolute Gasteiger partial charge is 0.325 e. The number of rotatable bonds is 3. The molecule has 0 radical (unpaired) electrons. The Hall–Kier alpha value is -2.32. The van der Waals surface area contributed by atoms with E-state index in [1.807, 2.05) is 4.90 Å². The third-order valence-electron chi connectivity index (χ3n) is 4.64. The zero-order chi connectivity index (χ0) is 18.0. The van der Waals surface area contributed by atoms with Crippen molar-refractivity contribution in [1.29, 1.82) is 0 Å². The number of carbonyl (C=O) groups excluding carboxylic acids is 2. The highest BCUT2D eigenvalue weighted by Gasteiger charge is 2.34. The lowest BCUT2D eigenvalue weighted by atomic mass is 9.80. The number of piperidine rings is 1. The Kier molecular flexibility index (Phi) is 4.82. The van der Waals surface area contributed by atoms with Crippen molar-refractivity contribution >= 4 is 17.6 Å². The summed E-state index contributed by atoms with van der Waals surface area (Å²) >= 11 is 0. The van der Waals surface area contributed by atoms with Gasteiger partial charge in [0, 0.05) is 30.9 Å². The molecule has 1 aromatic carbocycles. The zero-order valence-corrected chi connectivity index (χ0v) is 14.5. The van der Waals surface area contributed by atoms with Crippen LogP contribution in [0.2, 0.25) is 0 Å². The summed E-state index contributed by atoms with van der Waals surface area (Å²) in [5.74, 6) is 0.855. The number of carbonyl (C=O) groups is 2. The van der Waals surface area contributed by atoms with Crippen LogP contribution in [0.4, 0.5) is 10.5 Å². The number of likely N-dealkylation sites (tertiary alicyclic amines) is 1. The van der Waals surface area contributed by atoms with Crippen molar-refractivity contribution in [3.8, 4) is 11.5 Å². The van der Waals surface area contributed by atoms with E-state index in [1.54, 1.807) is 18.2 Å². The third-order valence-corrected chi connectivity index (χ3v) is 4.64. The quantitative estimate of drug-likeness (QED) is 0.756. The summed E-state index contributed by atoms with van der Waals surface area (Å²) in [6.45, 7) is 6.00. The number of fused-ring (bicyclic) bond motifs is 1. The molecular formula is C17H24N4O4. The number of benzene rings is 1. The van der Waals surface area contributed by atoms with Gasteiger partial charge in [0.25, 0.3) is 0 Å². The van der Waals surface area contributed by atoms with Crippen LogP contribution in [-0.2, 0) is 4.79 Å². The van der Waals surface area contributed by atoms with E-state index in [4.69, 9.17) is 15.2 Å². The number of nitrogens with two attached hydrogens (primary N) is 1. The Labute approximate surface area is 146 Å². The maximum Gasteiger partial charge on any atom is 0.325 e. The lowest BCUT2D eigenvalue weighted by Gasteiger charge is -2.42. The van der Waals surface area contributed by atoms with Gasteiger partial charge in [-0.25, -0.2) is 4.79 Å². The second-order valence-corrected chi connectivity index (χ2v) is 7.16. The predicted molar refractivity (Wildman–Crippen MR) is 92.5 cm³/mol. The summed E-state index contributed by atoms with van der Waals surface area (Å²) in [5.41, 5.74) is 6.58. The molecule has 2 aliphatic rings.